The van der Waals surface area contributed by atoms with Crippen LogP contribution in [-0.2, 0) is 47.5 Å². The van der Waals surface area contributed by atoms with E-state index >= 15 is 0 Å². The molecule has 72 heavy (non-hydrogen) atoms. The standard InChI is InChI=1S/C50H80O22/c1-20(19-65-45-40(62)38(60)35(57)30(16-51)68-45)6-9-28(54)21(2)33-29(55)15-27-25-8-7-23-14-24(10-12-49(23,4)26(25)11-13-50(27,33)5)67-48-44(72-46-41(63)37(59)34(56)22(3)66-46)42(64)43(32(18-53)70-48)71-47-39(61)36(58)31(17-52)69-47/h7,20-22,24-27,30-48,51-53,56-64H,6,8-19H2,1-5H3/t20-,21?,22+,24+,25-,26+,27+,30-,31+,32-,33?,34+,35-,36+,37-,38+,39-,40-,41-,42+,43-,44-,45-,46+,47+,48-,49+,50+/m1/s1. The highest BCUT2D eigenvalue weighted by molar-refractivity contribution is 5.92. The molecule has 0 radical (unpaired) electrons. The molecule has 0 aromatic carbocycles. The number of ketones is 2. The minimum atomic E-state index is -1.76. The summed E-state index contributed by atoms with van der Waals surface area (Å²) in [7, 11) is 0. The SMILES string of the molecule is CC(C(=O)CC[C@@H](C)CO[C@@H]1O[C@H](CO)[C@@H](O)[C@H](O)[C@H]1O)C1C(=O)C[C@H]2[C@@H]3CC=C4C[C@@H](O[C@@H]5O[C@H](CO)[C@@H](O[C@@H]6O[C@@H](CO)[C@H](O)[C@H]6O)[C@H](O)[C@H]5O[C@@H]5O[C@@H](C)[C@H](O)[C@@H](O)[C@H]5O)CC[C@]4(C)[C@H]3CC[C@]12C. The number of Topliss-reactive ketones (excluding diaryl/α,β-unsaturated/α-hetero) is 2. The van der Waals surface area contributed by atoms with Gasteiger partial charge in [-0.25, -0.2) is 0 Å². The molecule has 0 bridgehead atoms. The summed E-state index contributed by atoms with van der Waals surface area (Å²) < 4.78 is 47.3. The van der Waals surface area contributed by atoms with Crippen molar-refractivity contribution in [2.24, 2.45) is 46.3 Å². The number of rotatable bonds is 17. The Bertz CT molecular complexity index is 1890. The van der Waals surface area contributed by atoms with Gasteiger partial charge in [0.15, 0.2) is 25.2 Å². The molecule has 8 rings (SSSR count). The lowest BCUT2D eigenvalue weighted by Gasteiger charge is -2.58. The monoisotopic (exact) mass is 1030 g/mol. The second-order valence-electron chi connectivity index (χ2n) is 22.7. The van der Waals surface area contributed by atoms with Crippen LogP contribution in [0.15, 0.2) is 11.6 Å². The van der Waals surface area contributed by atoms with Crippen LogP contribution in [0.2, 0.25) is 0 Å². The summed E-state index contributed by atoms with van der Waals surface area (Å²) >= 11 is 0. The Balaban J connectivity index is 0.912. The van der Waals surface area contributed by atoms with Gasteiger partial charge in [-0.3, -0.25) is 9.59 Å². The first-order chi connectivity index (χ1) is 34.1. The molecule has 4 aliphatic heterocycles. The van der Waals surface area contributed by atoms with Gasteiger partial charge in [-0.05, 0) is 86.4 Å². The summed E-state index contributed by atoms with van der Waals surface area (Å²) in [4.78, 5) is 28.0. The second-order valence-corrected chi connectivity index (χ2v) is 22.7. The highest BCUT2D eigenvalue weighted by Crippen LogP contribution is 2.66. The van der Waals surface area contributed by atoms with Crippen LogP contribution in [-0.4, -0.2) is 222 Å². The van der Waals surface area contributed by atoms with Crippen LogP contribution < -0.4 is 0 Å². The highest BCUT2D eigenvalue weighted by atomic mass is 16.8. The summed E-state index contributed by atoms with van der Waals surface area (Å²) in [6.07, 6.45) is -20.7. The highest BCUT2D eigenvalue weighted by Gasteiger charge is 2.63. The molecule has 0 spiro atoms. The van der Waals surface area contributed by atoms with E-state index in [1.807, 2.05) is 13.8 Å². The average molecular weight is 1030 g/mol. The largest absolute Gasteiger partial charge is 0.394 e. The van der Waals surface area contributed by atoms with E-state index in [-0.39, 0.29) is 59.1 Å². The fraction of sp³-hybridized carbons (Fsp3) is 0.920. The molecule has 4 saturated heterocycles. The predicted molar refractivity (Wildman–Crippen MR) is 244 cm³/mol. The maximum Gasteiger partial charge on any atom is 0.187 e. The van der Waals surface area contributed by atoms with Crippen LogP contribution in [0.4, 0.5) is 0 Å². The molecule has 0 aromatic heterocycles. The molecule has 7 fully saturated rings. The van der Waals surface area contributed by atoms with E-state index in [0.29, 0.717) is 32.1 Å². The third kappa shape index (κ3) is 10.5. The first kappa shape index (κ1) is 56.5. The first-order valence-electron chi connectivity index (χ1n) is 26.0. The van der Waals surface area contributed by atoms with Crippen molar-refractivity contribution in [3.05, 3.63) is 11.6 Å². The molecule has 12 N–H and O–H groups in total. The van der Waals surface area contributed by atoms with Gasteiger partial charge in [-0.2, -0.15) is 0 Å². The number of allylic oxidation sites excluding steroid dienone is 1. The van der Waals surface area contributed by atoms with Crippen LogP contribution >= 0.6 is 0 Å². The van der Waals surface area contributed by atoms with Gasteiger partial charge in [0.05, 0.1) is 38.6 Å². The van der Waals surface area contributed by atoms with E-state index in [4.69, 9.17) is 37.9 Å². The van der Waals surface area contributed by atoms with Crippen molar-refractivity contribution in [1.82, 2.24) is 0 Å². The maximum absolute atomic E-state index is 14.1. The number of hydrogen-bond donors (Lipinski definition) is 12. The molecule has 0 aromatic rings. The van der Waals surface area contributed by atoms with E-state index in [1.54, 1.807) is 0 Å². The lowest BCUT2D eigenvalue weighted by Crippen LogP contribution is -2.65. The summed E-state index contributed by atoms with van der Waals surface area (Å²) in [5.41, 5.74) is 0.575. The van der Waals surface area contributed by atoms with E-state index in [2.05, 4.69) is 19.9 Å². The molecule has 22 nitrogen and oxygen atoms in total. The van der Waals surface area contributed by atoms with E-state index in [0.717, 1.165) is 19.3 Å². The molecule has 22 heteroatoms. The summed E-state index contributed by atoms with van der Waals surface area (Å²) in [6.45, 7) is 7.85. The first-order valence-corrected chi connectivity index (χ1v) is 26.0. The molecule has 28 atom stereocenters. The van der Waals surface area contributed by atoms with Gasteiger partial charge in [-0.15, -0.1) is 0 Å². The molecule has 0 amide bonds. The van der Waals surface area contributed by atoms with Gasteiger partial charge in [0.2, 0.25) is 0 Å². The molecule has 4 aliphatic carbocycles. The van der Waals surface area contributed by atoms with Gasteiger partial charge in [0.1, 0.15) is 97.0 Å². The van der Waals surface area contributed by atoms with Gasteiger partial charge in [-0.1, -0.05) is 39.3 Å². The van der Waals surface area contributed by atoms with Crippen molar-refractivity contribution < 1.29 is 109 Å². The summed E-state index contributed by atoms with van der Waals surface area (Å²) in [5.74, 6) is -0.426. The van der Waals surface area contributed by atoms with Gasteiger partial charge < -0.3 is 99.2 Å². The number of hydrogen-bond acceptors (Lipinski definition) is 22. The van der Waals surface area contributed by atoms with Crippen molar-refractivity contribution in [1.29, 1.82) is 0 Å². The summed E-state index contributed by atoms with van der Waals surface area (Å²) in [5, 5.41) is 125. The van der Waals surface area contributed by atoms with Gasteiger partial charge >= 0.3 is 0 Å². The van der Waals surface area contributed by atoms with Crippen LogP contribution in [0.5, 0.6) is 0 Å². The minimum absolute atomic E-state index is 0.00495. The molecule has 8 aliphatic rings. The number of carbonyl (C=O) groups is 2. The Morgan fingerprint density at radius 3 is 1.93 bits per heavy atom. The lowest BCUT2D eigenvalue weighted by molar-refractivity contribution is -0.380. The number of aliphatic hydroxyl groups excluding tert-OH is 12. The fourth-order valence-corrected chi connectivity index (χ4v) is 13.8. The molecule has 2 unspecified atom stereocenters. The zero-order valence-corrected chi connectivity index (χ0v) is 41.7. The Labute approximate surface area is 419 Å². The Morgan fingerprint density at radius 2 is 1.25 bits per heavy atom. The zero-order valence-electron chi connectivity index (χ0n) is 41.7. The number of carbonyl (C=O) groups excluding carboxylic acids is 2. The van der Waals surface area contributed by atoms with Crippen LogP contribution in [0.25, 0.3) is 0 Å². The second kappa shape index (κ2) is 22.7. The maximum atomic E-state index is 14.1. The predicted octanol–water partition coefficient (Wildman–Crippen LogP) is -2.32. The molecule has 412 valence electrons. The third-order valence-corrected chi connectivity index (χ3v) is 18.3. The third-order valence-electron chi connectivity index (χ3n) is 18.3. The molecular weight excluding hydrogens is 953 g/mol. The Kier molecular flexibility index (Phi) is 17.8. The number of aliphatic hydroxyl groups is 12. The van der Waals surface area contributed by atoms with E-state index in [9.17, 15) is 70.9 Å². The van der Waals surface area contributed by atoms with Crippen LogP contribution in [0, 0.1) is 46.3 Å². The van der Waals surface area contributed by atoms with Crippen molar-refractivity contribution in [2.75, 3.05) is 26.4 Å². The fourth-order valence-electron chi connectivity index (χ4n) is 13.8. The van der Waals surface area contributed by atoms with Crippen LogP contribution in [0.3, 0.4) is 0 Å². The smallest absolute Gasteiger partial charge is 0.187 e. The molecular formula is C50H80O22. The topological polar surface area (TPSA) is 351 Å². The quantitative estimate of drug-likeness (QED) is 0.0681. The number of ether oxygens (including phenoxy) is 8. The summed E-state index contributed by atoms with van der Waals surface area (Å²) in [6, 6.07) is 0. The minimum Gasteiger partial charge on any atom is -0.394 e. The van der Waals surface area contributed by atoms with Crippen molar-refractivity contribution in [3.63, 3.8) is 0 Å². The van der Waals surface area contributed by atoms with Gasteiger partial charge in [0, 0.05) is 24.7 Å². The van der Waals surface area contributed by atoms with E-state index in [1.165, 1.54) is 12.5 Å². The molecule has 4 heterocycles. The van der Waals surface area contributed by atoms with Crippen LogP contribution in [0.1, 0.15) is 92.4 Å². The van der Waals surface area contributed by atoms with Crippen molar-refractivity contribution in [2.45, 2.75) is 215 Å². The lowest BCUT2D eigenvalue weighted by atomic mass is 9.47. The van der Waals surface area contributed by atoms with Gasteiger partial charge in [0.25, 0.3) is 0 Å². The zero-order chi connectivity index (χ0) is 52.3. The normalized spacial score (nSPS) is 50.4. The molecule has 3 saturated carbocycles. The number of fused-ring (bicyclic) bond motifs is 5. The average Bonchev–Trinajstić information content (AvgIpc) is 3.80. The van der Waals surface area contributed by atoms with Crippen molar-refractivity contribution in [3.8, 4) is 0 Å². The Morgan fingerprint density at radius 1 is 0.667 bits per heavy atom. The Hall–Kier alpha value is -1.72. The van der Waals surface area contributed by atoms with Crippen molar-refractivity contribution >= 4 is 11.6 Å². The van der Waals surface area contributed by atoms with E-state index < -0.39 is 154 Å².